The minimum absolute atomic E-state index is 0.220. The standard InChI is InChI=1S/C21H24N4O2S/c26-21(23-20-4-2-14-28-20)22-18-7-5-17(6-8-18)15-24-9-11-25(12-10-24)16-19-3-1-13-27-19/h1-8,13-14H,9-12,15-16H2,(H2,22,23,26). The van der Waals surface area contributed by atoms with Gasteiger partial charge in [0.2, 0.25) is 0 Å². The van der Waals surface area contributed by atoms with Crippen LogP contribution in [0.1, 0.15) is 11.3 Å². The molecule has 0 radical (unpaired) electrons. The zero-order valence-electron chi connectivity index (χ0n) is 15.6. The van der Waals surface area contributed by atoms with Crippen molar-refractivity contribution in [3.05, 3.63) is 71.5 Å². The second-order valence-electron chi connectivity index (χ2n) is 6.89. The molecule has 0 spiro atoms. The Morgan fingerprint density at radius 3 is 2.32 bits per heavy atom. The molecule has 2 N–H and O–H groups in total. The first-order valence-corrected chi connectivity index (χ1v) is 10.3. The van der Waals surface area contributed by atoms with Crippen molar-refractivity contribution < 1.29 is 9.21 Å². The fourth-order valence-electron chi connectivity index (χ4n) is 3.30. The number of hydrogen-bond donors (Lipinski definition) is 2. The van der Waals surface area contributed by atoms with Crippen molar-refractivity contribution in [1.29, 1.82) is 0 Å². The third-order valence-electron chi connectivity index (χ3n) is 4.80. The molecule has 7 heteroatoms. The molecule has 0 atom stereocenters. The van der Waals surface area contributed by atoms with E-state index < -0.39 is 0 Å². The molecule has 6 nitrogen and oxygen atoms in total. The van der Waals surface area contributed by atoms with Crippen LogP contribution in [-0.4, -0.2) is 42.0 Å². The molecule has 2 aromatic heterocycles. The maximum absolute atomic E-state index is 12.0. The molecule has 3 aromatic rings. The minimum Gasteiger partial charge on any atom is -0.468 e. The van der Waals surface area contributed by atoms with E-state index in [-0.39, 0.29) is 6.03 Å². The predicted molar refractivity (Wildman–Crippen MR) is 113 cm³/mol. The van der Waals surface area contributed by atoms with E-state index in [4.69, 9.17) is 4.42 Å². The van der Waals surface area contributed by atoms with Crippen LogP contribution < -0.4 is 10.6 Å². The number of thiophene rings is 1. The number of nitrogens with zero attached hydrogens (tertiary/aromatic N) is 2. The molecule has 146 valence electrons. The topological polar surface area (TPSA) is 60.8 Å². The van der Waals surface area contributed by atoms with Crippen molar-refractivity contribution in [2.75, 3.05) is 36.8 Å². The number of piperazine rings is 1. The second-order valence-corrected chi connectivity index (χ2v) is 7.83. The smallest absolute Gasteiger partial charge is 0.324 e. The van der Waals surface area contributed by atoms with Gasteiger partial charge in [0.1, 0.15) is 5.76 Å². The van der Waals surface area contributed by atoms with E-state index in [2.05, 4.69) is 32.6 Å². The van der Waals surface area contributed by atoms with Crippen molar-refractivity contribution in [1.82, 2.24) is 9.80 Å². The third-order valence-corrected chi connectivity index (χ3v) is 5.59. The van der Waals surface area contributed by atoms with Crippen molar-refractivity contribution in [3.8, 4) is 0 Å². The van der Waals surface area contributed by atoms with Gasteiger partial charge in [-0.15, -0.1) is 11.3 Å². The summed E-state index contributed by atoms with van der Waals surface area (Å²) in [6.45, 7) is 5.99. The molecule has 1 saturated heterocycles. The molecular weight excluding hydrogens is 372 g/mol. The summed E-state index contributed by atoms with van der Waals surface area (Å²) >= 11 is 1.50. The van der Waals surface area contributed by atoms with Gasteiger partial charge in [-0.2, -0.15) is 0 Å². The summed E-state index contributed by atoms with van der Waals surface area (Å²) in [5, 5.41) is 8.45. The Morgan fingerprint density at radius 1 is 0.929 bits per heavy atom. The Kier molecular flexibility index (Phi) is 6.06. The fraction of sp³-hybridized carbons (Fsp3) is 0.286. The first kappa shape index (κ1) is 18.7. The summed E-state index contributed by atoms with van der Waals surface area (Å²) in [5.74, 6) is 1.03. The van der Waals surface area contributed by atoms with E-state index in [1.54, 1.807) is 6.26 Å². The van der Waals surface area contributed by atoms with Gasteiger partial charge >= 0.3 is 6.03 Å². The molecule has 1 aromatic carbocycles. The molecule has 1 aliphatic heterocycles. The lowest BCUT2D eigenvalue weighted by Crippen LogP contribution is -2.45. The van der Waals surface area contributed by atoms with Crippen LogP contribution >= 0.6 is 11.3 Å². The van der Waals surface area contributed by atoms with Crippen molar-refractivity contribution in [2.45, 2.75) is 13.1 Å². The number of furan rings is 1. The summed E-state index contributed by atoms with van der Waals surface area (Å²) in [7, 11) is 0. The second kappa shape index (κ2) is 9.05. The number of nitrogens with one attached hydrogen (secondary N) is 2. The van der Waals surface area contributed by atoms with Gasteiger partial charge < -0.3 is 9.73 Å². The summed E-state index contributed by atoms with van der Waals surface area (Å²) in [4.78, 5) is 16.9. The highest BCUT2D eigenvalue weighted by Crippen LogP contribution is 2.17. The lowest BCUT2D eigenvalue weighted by atomic mass is 10.1. The Balaban J connectivity index is 1.22. The molecule has 4 rings (SSSR count). The van der Waals surface area contributed by atoms with Crippen LogP contribution in [0.2, 0.25) is 0 Å². The van der Waals surface area contributed by atoms with Crippen molar-refractivity contribution in [2.24, 2.45) is 0 Å². The van der Waals surface area contributed by atoms with Gasteiger partial charge in [-0.25, -0.2) is 4.79 Å². The van der Waals surface area contributed by atoms with Crippen LogP contribution in [0.25, 0.3) is 0 Å². The van der Waals surface area contributed by atoms with Crippen LogP contribution in [0.3, 0.4) is 0 Å². The Hall–Kier alpha value is -2.61. The Bertz CT molecular complexity index is 854. The molecule has 3 heterocycles. The lowest BCUT2D eigenvalue weighted by molar-refractivity contribution is 0.116. The zero-order chi connectivity index (χ0) is 19.2. The number of anilines is 2. The number of hydrogen-bond acceptors (Lipinski definition) is 5. The van der Waals surface area contributed by atoms with Crippen molar-refractivity contribution >= 4 is 28.1 Å². The minimum atomic E-state index is -0.220. The normalized spacial score (nSPS) is 15.4. The first-order valence-electron chi connectivity index (χ1n) is 9.42. The van der Waals surface area contributed by atoms with E-state index >= 15 is 0 Å². The quantitative estimate of drug-likeness (QED) is 0.652. The SMILES string of the molecule is O=C(Nc1ccc(CN2CCN(Cc3ccco3)CC2)cc1)Nc1cccs1. The van der Waals surface area contributed by atoms with Gasteiger partial charge in [-0.05, 0) is 47.3 Å². The highest BCUT2D eigenvalue weighted by Gasteiger charge is 2.17. The summed E-state index contributed by atoms with van der Waals surface area (Å²) in [5.41, 5.74) is 2.05. The van der Waals surface area contributed by atoms with Gasteiger partial charge in [0.05, 0.1) is 17.8 Å². The predicted octanol–water partition coefficient (Wildman–Crippen LogP) is 4.30. The van der Waals surface area contributed by atoms with Crippen LogP contribution in [0.15, 0.2) is 64.6 Å². The van der Waals surface area contributed by atoms with Crippen LogP contribution in [0.5, 0.6) is 0 Å². The highest BCUT2D eigenvalue weighted by atomic mass is 32.1. The molecule has 1 fully saturated rings. The van der Waals surface area contributed by atoms with Gasteiger partial charge in [0, 0.05) is 38.4 Å². The summed E-state index contributed by atoms with van der Waals surface area (Å²) in [6.07, 6.45) is 1.73. The van der Waals surface area contributed by atoms with Crippen LogP contribution in [0.4, 0.5) is 15.5 Å². The van der Waals surface area contributed by atoms with Gasteiger partial charge in [-0.3, -0.25) is 15.1 Å². The van der Waals surface area contributed by atoms with Crippen molar-refractivity contribution in [3.63, 3.8) is 0 Å². The first-order chi connectivity index (χ1) is 13.7. The van der Waals surface area contributed by atoms with E-state index in [9.17, 15) is 4.79 Å². The maximum Gasteiger partial charge on any atom is 0.324 e. The largest absolute Gasteiger partial charge is 0.468 e. The van der Waals surface area contributed by atoms with Gasteiger partial charge in [-0.1, -0.05) is 12.1 Å². The van der Waals surface area contributed by atoms with Crippen LogP contribution in [0, 0.1) is 0 Å². The number of carbonyl (C=O) groups is 1. The molecular formula is C21H24N4O2S. The van der Waals surface area contributed by atoms with E-state index in [0.29, 0.717) is 0 Å². The molecule has 0 saturated carbocycles. The monoisotopic (exact) mass is 396 g/mol. The van der Waals surface area contributed by atoms with Crippen LogP contribution in [-0.2, 0) is 13.1 Å². The molecule has 0 unspecified atom stereocenters. The molecule has 0 bridgehead atoms. The fourth-order valence-corrected chi connectivity index (χ4v) is 3.92. The lowest BCUT2D eigenvalue weighted by Gasteiger charge is -2.34. The molecule has 0 aliphatic carbocycles. The molecule has 1 aliphatic rings. The average Bonchev–Trinajstić information content (AvgIpc) is 3.39. The highest BCUT2D eigenvalue weighted by molar-refractivity contribution is 7.14. The number of urea groups is 1. The molecule has 28 heavy (non-hydrogen) atoms. The number of rotatable bonds is 6. The van der Waals surface area contributed by atoms with Gasteiger partial charge in [0.15, 0.2) is 0 Å². The third kappa shape index (κ3) is 5.22. The van der Waals surface area contributed by atoms with E-state index in [1.165, 1.54) is 16.9 Å². The number of amides is 2. The number of benzene rings is 1. The Morgan fingerprint density at radius 2 is 1.68 bits per heavy atom. The molecule has 2 amide bonds. The number of carbonyl (C=O) groups excluding carboxylic acids is 1. The van der Waals surface area contributed by atoms with E-state index in [0.717, 1.165) is 55.7 Å². The van der Waals surface area contributed by atoms with Gasteiger partial charge in [0.25, 0.3) is 0 Å². The Labute approximate surface area is 168 Å². The average molecular weight is 397 g/mol. The summed E-state index contributed by atoms with van der Waals surface area (Å²) in [6, 6.07) is 15.6. The summed E-state index contributed by atoms with van der Waals surface area (Å²) < 4.78 is 5.44. The maximum atomic E-state index is 12.0. The van der Waals surface area contributed by atoms with E-state index in [1.807, 2.05) is 41.8 Å². The zero-order valence-corrected chi connectivity index (χ0v) is 16.5.